The van der Waals surface area contributed by atoms with E-state index in [9.17, 15) is 4.79 Å². The second kappa shape index (κ2) is 3.71. The van der Waals surface area contributed by atoms with Gasteiger partial charge in [0.05, 0.1) is 5.56 Å². The van der Waals surface area contributed by atoms with Crippen molar-refractivity contribution < 1.29 is 4.79 Å². The first-order valence-electron chi connectivity index (χ1n) is 4.76. The summed E-state index contributed by atoms with van der Waals surface area (Å²) < 4.78 is 0. The van der Waals surface area contributed by atoms with Gasteiger partial charge in [0.2, 0.25) is 0 Å². The molecule has 0 radical (unpaired) electrons. The predicted octanol–water partition coefficient (Wildman–Crippen LogP) is 1.23. The first kappa shape index (κ1) is 9.68. The lowest BCUT2D eigenvalue weighted by molar-refractivity contribution is 0.0791. The third kappa shape index (κ3) is 1.67. The molecule has 0 bridgehead atoms. The van der Waals surface area contributed by atoms with Crippen LogP contribution in [0.25, 0.3) is 0 Å². The van der Waals surface area contributed by atoms with Gasteiger partial charge in [0.1, 0.15) is 0 Å². The Morgan fingerprint density at radius 3 is 2.93 bits per heavy atom. The molecule has 1 saturated heterocycles. The van der Waals surface area contributed by atoms with Gasteiger partial charge >= 0.3 is 0 Å². The molecular formula is C10H14N2OS. The van der Waals surface area contributed by atoms with Crippen LogP contribution in [0.3, 0.4) is 0 Å². The van der Waals surface area contributed by atoms with E-state index in [0.717, 1.165) is 24.1 Å². The maximum absolute atomic E-state index is 12.0. The smallest absolute Gasteiger partial charge is 0.255 e. The first-order valence-corrected chi connectivity index (χ1v) is 5.70. The molecule has 1 atom stereocenters. The topological polar surface area (TPSA) is 46.3 Å². The molecule has 1 aromatic rings. The summed E-state index contributed by atoms with van der Waals surface area (Å²) in [6.07, 6.45) is 0.926. The minimum Gasteiger partial charge on any atom is -0.337 e. The van der Waals surface area contributed by atoms with Gasteiger partial charge in [-0.2, -0.15) is 11.3 Å². The summed E-state index contributed by atoms with van der Waals surface area (Å²) in [5.41, 5.74) is 7.67. The lowest BCUT2D eigenvalue weighted by Crippen LogP contribution is -2.31. The largest absolute Gasteiger partial charge is 0.337 e. The third-order valence-electron chi connectivity index (χ3n) is 2.60. The van der Waals surface area contributed by atoms with Crippen molar-refractivity contribution in [2.75, 3.05) is 13.1 Å². The van der Waals surface area contributed by atoms with E-state index in [-0.39, 0.29) is 11.9 Å². The number of hydrogen-bond acceptors (Lipinski definition) is 3. The number of aryl methyl sites for hydroxylation is 1. The SMILES string of the molecule is Cc1cscc1C(=O)N1CCC(N)C1. The minimum atomic E-state index is 0.136. The van der Waals surface area contributed by atoms with Gasteiger partial charge in [0, 0.05) is 24.5 Å². The summed E-state index contributed by atoms with van der Waals surface area (Å²) in [6, 6.07) is 0.165. The molecule has 2 rings (SSSR count). The number of rotatable bonds is 1. The van der Waals surface area contributed by atoms with Gasteiger partial charge < -0.3 is 10.6 Å². The van der Waals surface area contributed by atoms with Crippen molar-refractivity contribution >= 4 is 17.2 Å². The highest BCUT2D eigenvalue weighted by Crippen LogP contribution is 2.18. The van der Waals surface area contributed by atoms with Crippen LogP contribution >= 0.6 is 11.3 Å². The first-order chi connectivity index (χ1) is 6.68. The summed E-state index contributed by atoms with van der Waals surface area (Å²) in [6.45, 7) is 3.48. The van der Waals surface area contributed by atoms with E-state index in [1.807, 2.05) is 22.6 Å². The molecule has 0 saturated carbocycles. The van der Waals surface area contributed by atoms with E-state index in [1.165, 1.54) is 0 Å². The Bertz CT molecular complexity index is 348. The van der Waals surface area contributed by atoms with Crippen molar-refractivity contribution in [1.29, 1.82) is 0 Å². The Balaban J connectivity index is 2.13. The zero-order chi connectivity index (χ0) is 10.1. The van der Waals surface area contributed by atoms with Crippen LogP contribution < -0.4 is 5.73 Å². The van der Waals surface area contributed by atoms with Gasteiger partial charge in [-0.3, -0.25) is 4.79 Å². The van der Waals surface area contributed by atoms with E-state index in [0.29, 0.717) is 6.54 Å². The van der Waals surface area contributed by atoms with E-state index in [4.69, 9.17) is 5.73 Å². The maximum Gasteiger partial charge on any atom is 0.255 e. The molecule has 1 fully saturated rings. The molecule has 2 heterocycles. The van der Waals surface area contributed by atoms with Crippen molar-refractivity contribution in [3.8, 4) is 0 Å². The number of nitrogens with zero attached hydrogens (tertiary/aromatic N) is 1. The number of amides is 1. The molecule has 1 amide bonds. The number of hydrogen-bond donors (Lipinski definition) is 1. The Morgan fingerprint density at radius 1 is 1.64 bits per heavy atom. The normalized spacial score (nSPS) is 21.6. The molecule has 1 aliphatic heterocycles. The fraction of sp³-hybridized carbons (Fsp3) is 0.500. The van der Waals surface area contributed by atoms with Gasteiger partial charge in [-0.1, -0.05) is 0 Å². The number of thiophene rings is 1. The average Bonchev–Trinajstić information content (AvgIpc) is 2.73. The number of carbonyl (C=O) groups is 1. The summed E-state index contributed by atoms with van der Waals surface area (Å²) in [7, 11) is 0. The summed E-state index contributed by atoms with van der Waals surface area (Å²) in [5.74, 6) is 0.136. The van der Waals surface area contributed by atoms with Crippen LogP contribution in [0.5, 0.6) is 0 Å². The molecule has 1 aliphatic rings. The van der Waals surface area contributed by atoms with Crippen LogP contribution in [0.1, 0.15) is 22.3 Å². The lowest BCUT2D eigenvalue weighted by Gasteiger charge is -2.15. The summed E-state index contributed by atoms with van der Waals surface area (Å²) >= 11 is 1.58. The van der Waals surface area contributed by atoms with Gasteiger partial charge in [-0.05, 0) is 24.3 Å². The Kier molecular flexibility index (Phi) is 2.56. The minimum absolute atomic E-state index is 0.136. The zero-order valence-electron chi connectivity index (χ0n) is 8.19. The van der Waals surface area contributed by atoms with E-state index >= 15 is 0 Å². The highest BCUT2D eigenvalue weighted by atomic mass is 32.1. The van der Waals surface area contributed by atoms with Crippen molar-refractivity contribution in [1.82, 2.24) is 4.90 Å². The van der Waals surface area contributed by atoms with Gasteiger partial charge in [0.25, 0.3) is 5.91 Å². The average molecular weight is 210 g/mol. The molecule has 0 aliphatic carbocycles. The Morgan fingerprint density at radius 2 is 2.43 bits per heavy atom. The zero-order valence-corrected chi connectivity index (χ0v) is 9.01. The second-order valence-electron chi connectivity index (χ2n) is 3.77. The Hall–Kier alpha value is -0.870. The van der Waals surface area contributed by atoms with Crippen LogP contribution in [0.15, 0.2) is 10.8 Å². The van der Waals surface area contributed by atoms with Crippen LogP contribution in [-0.2, 0) is 0 Å². The van der Waals surface area contributed by atoms with Crippen molar-refractivity contribution in [2.24, 2.45) is 5.73 Å². The van der Waals surface area contributed by atoms with Crippen molar-refractivity contribution in [2.45, 2.75) is 19.4 Å². The quantitative estimate of drug-likeness (QED) is 0.757. The molecule has 3 nitrogen and oxygen atoms in total. The van der Waals surface area contributed by atoms with Crippen molar-refractivity contribution in [3.05, 3.63) is 21.9 Å². The fourth-order valence-corrected chi connectivity index (χ4v) is 2.54. The third-order valence-corrected chi connectivity index (χ3v) is 3.46. The van der Waals surface area contributed by atoms with Crippen LogP contribution in [0, 0.1) is 6.92 Å². The standard InChI is InChI=1S/C10H14N2OS/c1-7-5-14-6-9(7)10(13)12-3-2-8(11)4-12/h5-6,8H,2-4,11H2,1H3. The molecular weight excluding hydrogens is 196 g/mol. The molecule has 1 aromatic heterocycles. The predicted molar refractivity (Wildman–Crippen MR) is 57.6 cm³/mol. The summed E-state index contributed by atoms with van der Waals surface area (Å²) in [5, 5.41) is 3.92. The van der Waals surface area contributed by atoms with E-state index in [2.05, 4.69) is 0 Å². The van der Waals surface area contributed by atoms with E-state index < -0.39 is 0 Å². The van der Waals surface area contributed by atoms with Crippen LogP contribution in [0.4, 0.5) is 0 Å². The summed E-state index contributed by atoms with van der Waals surface area (Å²) in [4.78, 5) is 13.8. The molecule has 0 spiro atoms. The van der Waals surface area contributed by atoms with Crippen molar-refractivity contribution in [3.63, 3.8) is 0 Å². The molecule has 14 heavy (non-hydrogen) atoms. The maximum atomic E-state index is 12.0. The highest BCUT2D eigenvalue weighted by molar-refractivity contribution is 7.08. The lowest BCUT2D eigenvalue weighted by atomic mass is 10.2. The van der Waals surface area contributed by atoms with E-state index in [1.54, 1.807) is 11.3 Å². The highest BCUT2D eigenvalue weighted by Gasteiger charge is 2.25. The second-order valence-corrected chi connectivity index (χ2v) is 4.51. The fourth-order valence-electron chi connectivity index (χ4n) is 1.72. The number of carbonyl (C=O) groups excluding carboxylic acids is 1. The van der Waals surface area contributed by atoms with Gasteiger partial charge in [-0.15, -0.1) is 0 Å². The molecule has 2 N–H and O–H groups in total. The molecule has 0 aromatic carbocycles. The number of likely N-dealkylation sites (tertiary alicyclic amines) is 1. The molecule has 4 heteroatoms. The van der Waals surface area contributed by atoms with Crippen LogP contribution in [-0.4, -0.2) is 29.9 Å². The monoisotopic (exact) mass is 210 g/mol. The van der Waals surface area contributed by atoms with Crippen LogP contribution in [0.2, 0.25) is 0 Å². The molecule has 76 valence electrons. The Labute approximate surface area is 87.5 Å². The number of nitrogens with two attached hydrogens (primary N) is 1. The molecule has 1 unspecified atom stereocenters. The van der Waals surface area contributed by atoms with Gasteiger partial charge in [0.15, 0.2) is 0 Å². The van der Waals surface area contributed by atoms with Gasteiger partial charge in [-0.25, -0.2) is 0 Å².